The van der Waals surface area contributed by atoms with Gasteiger partial charge in [-0.05, 0) is 43.2 Å². The van der Waals surface area contributed by atoms with E-state index in [1.807, 2.05) is 66.2 Å². The van der Waals surface area contributed by atoms with Crippen molar-refractivity contribution in [1.82, 2.24) is 14.5 Å². The van der Waals surface area contributed by atoms with Crippen LogP contribution < -0.4 is 14.8 Å². The predicted octanol–water partition coefficient (Wildman–Crippen LogP) is 4.41. The lowest BCUT2D eigenvalue weighted by molar-refractivity contribution is 0.207. The minimum atomic E-state index is -0.168. The number of para-hydroxylation sites is 2. The molecule has 3 aromatic rings. The Morgan fingerprint density at radius 1 is 1.17 bits per heavy atom. The number of carbonyl (C=O) groups is 1. The molecule has 30 heavy (non-hydrogen) atoms. The van der Waals surface area contributed by atoms with E-state index in [0.717, 1.165) is 24.3 Å². The van der Waals surface area contributed by atoms with E-state index < -0.39 is 0 Å². The van der Waals surface area contributed by atoms with Gasteiger partial charge < -0.3 is 24.3 Å². The lowest BCUT2D eigenvalue weighted by Crippen LogP contribution is -2.35. The Balaban J connectivity index is 1.69. The summed E-state index contributed by atoms with van der Waals surface area (Å²) in [6, 6.07) is 15.1. The zero-order valence-corrected chi connectivity index (χ0v) is 17.5. The largest absolute Gasteiger partial charge is 0.495 e. The van der Waals surface area contributed by atoms with Crippen LogP contribution in [0.5, 0.6) is 11.5 Å². The second-order valence-corrected chi connectivity index (χ2v) is 6.78. The van der Waals surface area contributed by atoms with Gasteiger partial charge in [-0.2, -0.15) is 0 Å². The number of amides is 2. The van der Waals surface area contributed by atoms with Crippen molar-refractivity contribution < 1.29 is 14.3 Å². The molecule has 0 radical (unpaired) electrons. The van der Waals surface area contributed by atoms with Gasteiger partial charge in [0.25, 0.3) is 0 Å². The fraction of sp³-hybridized carbons (Fsp3) is 0.304. The smallest absolute Gasteiger partial charge is 0.322 e. The molecule has 7 nitrogen and oxygen atoms in total. The molecule has 0 atom stereocenters. The number of anilines is 1. The van der Waals surface area contributed by atoms with Gasteiger partial charge in [-0.3, -0.25) is 0 Å². The highest BCUT2D eigenvalue weighted by atomic mass is 16.5. The van der Waals surface area contributed by atoms with Crippen LogP contribution in [-0.2, 0) is 13.1 Å². The number of aryl methyl sites for hydroxylation is 1. The van der Waals surface area contributed by atoms with Crippen LogP contribution >= 0.6 is 0 Å². The number of nitrogens with zero attached hydrogens (tertiary/aromatic N) is 3. The quantitative estimate of drug-likeness (QED) is 0.539. The molecule has 0 aliphatic rings. The van der Waals surface area contributed by atoms with Crippen LogP contribution in [0.4, 0.5) is 10.5 Å². The average Bonchev–Trinajstić information content (AvgIpc) is 3.28. The van der Waals surface area contributed by atoms with Gasteiger partial charge in [0.2, 0.25) is 0 Å². The van der Waals surface area contributed by atoms with Gasteiger partial charge in [0.05, 0.1) is 25.7 Å². The number of urea groups is 1. The van der Waals surface area contributed by atoms with E-state index in [4.69, 9.17) is 9.47 Å². The SMILES string of the molecule is CCOc1ccc(CN(CCCn2ccnc2)C(=O)Nc2ccccc2OC)cc1. The Kier molecular flexibility index (Phi) is 7.71. The van der Waals surface area contributed by atoms with Crippen LogP contribution in [0.3, 0.4) is 0 Å². The third-order valence-corrected chi connectivity index (χ3v) is 4.65. The highest BCUT2D eigenvalue weighted by Gasteiger charge is 2.16. The number of methoxy groups -OCH3 is 1. The monoisotopic (exact) mass is 408 g/mol. The van der Waals surface area contributed by atoms with Crippen LogP contribution in [0, 0.1) is 0 Å². The third kappa shape index (κ3) is 6.01. The number of hydrogen-bond acceptors (Lipinski definition) is 4. The summed E-state index contributed by atoms with van der Waals surface area (Å²) in [7, 11) is 1.59. The fourth-order valence-electron chi connectivity index (χ4n) is 3.14. The molecule has 0 unspecified atom stereocenters. The summed E-state index contributed by atoms with van der Waals surface area (Å²) in [5.41, 5.74) is 1.69. The first-order chi connectivity index (χ1) is 14.7. The number of hydrogen-bond donors (Lipinski definition) is 1. The molecular formula is C23H28N4O3. The number of imidazole rings is 1. The number of rotatable bonds is 10. The van der Waals surface area contributed by atoms with E-state index in [-0.39, 0.29) is 6.03 Å². The molecule has 2 amide bonds. The molecule has 0 aliphatic heterocycles. The number of carbonyl (C=O) groups excluding carboxylic acids is 1. The second-order valence-electron chi connectivity index (χ2n) is 6.78. The Bertz CT molecular complexity index is 910. The van der Waals surface area contributed by atoms with Crippen molar-refractivity contribution >= 4 is 11.7 Å². The van der Waals surface area contributed by atoms with Crippen molar-refractivity contribution in [2.24, 2.45) is 0 Å². The molecular weight excluding hydrogens is 380 g/mol. The van der Waals surface area contributed by atoms with Crippen LogP contribution in [0.2, 0.25) is 0 Å². The molecule has 0 aliphatic carbocycles. The van der Waals surface area contributed by atoms with E-state index in [1.165, 1.54) is 0 Å². The van der Waals surface area contributed by atoms with Crippen molar-refractivity contribution in [3.63, 3.8) is 0 Å². The Morgan fingerprint density at radius 2 is 1.97 bits per heavy atom. The number of ether oxygens (including phenoxy) is 2. The third-order valence-electron chi connectivity index (χ3n) is 4.65. The van der Waals surface area contributed by atoms with Gasteiger partial charge in [-0.1, -0.05) is 24.3 Å². The molecule has 1 heterocycles. The molecule has 1 N–H and O–H groups in total. The zero-order chi connectivity index (χ0) is 21.2. The van der Waals surface area contributed by atoms with Crippen LogP contribution in [0.25, 0.3) is 0 Å². The first kappa shape index (κ1) is 21.2. The van der Waals surface area contributed by atoms with Gasteiger partial charge in [-0.25, -0.2) is 9.78 Å². The Morgan fingerprint density at radius 3 is 2.67 bits per heavy atom. The molecule has 0 saturated carbocycles. The Labute approximate surface area is 177 Å². The summed E-state index contributed by atoms with van der Waals surface area (Å²) in [4.78, 5) is 18.9. The minimum absolute atomic E-state index is 0.168. The van der Waals surface area contributed by atoms with Gasteiger partial charge in [0.15, 0.2) is 0 Å². The second kappa shape index (κ2) is 10.9. The Hall–Kier alpha value is -3.48. The standard InChI is InChI=1S/C23H28N4O3/c1-3-30-20-11-9-19(10-12-20)17-27(15-6-14-26-16-13-24-18-26)23(28)25-21-7-4-5-8-22(21)29-2/h4-5,7-13,16,18H,3,6,14-15,17H2,1-2H3,(H,25,28). The van der Waals surface area contributed by atoms with E-state index >= 15 is 0 Å². The highest BCUT2D eigenvalue weighted by molar-refractivity contribution is 5.91. The topological polar surface area (TPSA) is 68.6 Å². The normalized spacial score (nSPS) is 10.5. The maximum Gasteiger partial charge on any atom is 0.322 e. The minimum Gasteiger partial charge on any atom is -0.495 e. The zero-order valence-electron chi connectivity index (χ0n) is 17.5. The lowest BCUT2D eigenvalue weighted by Gasteiger charge is -2.24. The molecule has 0 saturated heterocycles. The molecule has 7 heteroatoms. The van der Waals surface area contributed by atoms with Gasteiger partial charge >= 0.3 is 6.03 Å². The van der Waals surface area contributed by atoms with Crippen LogP contribution in [0.15, 0.2) is 67.3 Å². The van der Waals surface area contributed by atoms with E-state index in [9.17, 15) is 4.79 Å². The van der Waals surface area contributed by atoms with Gasteiger partial charge in [0.1, 0.15) is 11.5 Å². The van der Waals surface area contributed by atoms with Gasteiger partial charge in [0, 0.05) is 32.0 Å². The van der Waals surface area contributed by atoms with Crippen LogP contribution in [0.1, 0.15) is 18.9 Å². The molecule has 0 bridgehead atoms. The molecule has 0 fully saturated rings. The fourth-order valence-corrected chi connectivity index (χ4v) is 3.14. The molecule has 1 aromatic heterocycles. The summed E-state index contributed by atoms with van der Waals surface area (Å²) in [6.07, 6.45) is 6.27. The van der Waals surface area contributed by atoms with E-state index in [0.29, 0.717) is 31.1 Å². The predicted molar refractivity (Wildman–Crippen MR) is 117 cm³/mol. The summed E-state index contributed by atoms with van der Waals surface area (Å²) in [5.74, 6) is 1.46. The van der Waals surface area contributed by atoms with E-state index in [1.54, 1.807) is 24.5 Å². The maximum atomic E-state index is 13.1. The molecule has 2 aromatic carbocycles. The highest BCUT2D eigenvalue weighted by Crippen LogP contribution is 2.24. The lowest BCUT2D eigenvalue weighted by atomic mass is 10.2. The van der Waals surface area contributed by atoms with Crippen LogP contribution in [-0.4, -0.2) is 40.7 Å². The first-order valence-electron chi connectivity index (χ1n) is 10.1. The summed E-state index contributed by atoms with van der Waals surface area (Å²) < 4.78 is 12.9. The average molecular weight is 409 g/mol. The van der Waals surface area contributed by atoms with Crippen molar-refractivity contribution in [2.45, 2.75) is 26.4 Å². The van der Waals surface area contributed by atoms with Crippen molar-refractivity contribution in [1.29, 1.82) is 0 Å². The van der Waals surface area contributed by atoms with Crippen molar-refractivity contribution in [2.75, 3.05) is 25.6 Å². The summed E-state index contributed by atoms with van der Waals surface area (Å²) >= 11 is 0. The summed E-state index contributed by atoms with van der Waals surface area (Å²) in [6.45, 7) is 4.48. The maximum absolute atomic E-state index is 13.1. The number of benzene rings is 2. The summed E-state index contributed by atoms with van der Waals surface area (Å²) in [5, 5.41) is 2.98. The molecule has 158 valence electrons. The molecule has 0 spiro atoms. The van der Waals surface area contributed by atoms with E-state index in [2.05, 4.69) is 10.3 Å². The first-order valence-corrected chi connectivity index (χ1v) is 10.1. The van der Waals surface area contributed by atoms with Crippen molar-refractivity contribution in [3.05, 3.63) is 72.8 Å². The molecule has 3 rings (SSSR count). The number of nitrogens with one attached hydrogen (secondary N) is 1. The number of aromatic nitrogens is 2. The van der Waals surface area contributed by atoms with Crippen molar-refractivity contribution in [3.8, 4) is 11.5 Å². The van der Waals surface area contributed by atoms with Gasteiger partial charge in [-0.15, -0.1) is 0 Å².